The molecule has 4 rings (SSSR count). The summed E-state index contributed by atoms with van der Waals surface area (Å²) in [5.41, 5.74) is 3.98. The van der Waals surface area contributed by atoms with Crippen LogP contribution >= 0.6 is 23.2 Å². The first-order chi connectivity index (χ1) is 16.9. The van der Waals surface area contributed by atoms with E-state index in [1.165, 1.54) is 5.69 Å². The van der Waals surface area contributed by atoms with E-state index in [4.69, 9.17) is 28.3 Å². The summed E-state index contributed by atoms with van der Waals surface area (Å²) in [6.07, 6.45) is 0.993. The minimum atomic E-state index is 0.00699. The normalized spacial score (nSPS) is 14.6. The third-order valence-electron chi connectivity index (χ3n) is 6.19. The summed E-state index contributed by atoms with van der Waals surface area (Å²) >= 11 is 12.0. The number of hydrogen-bond donors (Lipinski definition) is 1. The fraction of sp³-hybridized carbons (Fsp3) is 0.407. The summed E-state index contributed by atoms with van der Waals surface area (Å²) in [5.74, 6) is 0.574. The number of hydrogen-bond acceptors (Lipinski definition) is 4. The maximum Gasteiger partial charge on any atom is 0.253 e. The molecule has 3 aromatic rings. The van der Waals surface area contributed by atoms with Crippen molar-refractivity contribution in [2.24, 2.45) is 5.92 Å². The molecule has 1 saturated heterocycles. The minimum Gasteiger partial charge on any atom is -0.336 e. The van der Waals surface area contributed by atoms with Crippen molar-refractivity contribution in [1.29, 1.82) is 0 Å². The van der Waals surface area contributed by atoms with Crippen LogP contribution in [0.4, 0.5) is 0 Å². The molecule has 1 aliphatic heterocycles. The molecule has 2 aromatic carbocycles. The predicted molar refractivity (Wildman–Crippen MR) is 143 cm³/mol. The molecule has 0 spiro atoms. The molecule has 0 aliphatic carbocycles. The first-order valence-electron chi connectivity index (χ1n) is 12.2. The molecular weight excluding hydrogens is 481 g/mol. The van der Waals surface area contributed by atoms with E-state index in [1.54, 1.807) is 18.2 Å². The number of piperazine rings is 1. The van der Waals surface area contributed by atoms with Crippen LogP contribution in [0.1, 0.15) is 35.6 Å². The average molecular weight is 515 g/mol. The summed E-state index contributed by atoms with van der Waals surface area (Å²) in [6, 6.07) is 17.6. The van der Waals surface area contributed by atoms with Crippen LogP contribution in [0.2, 0.25) is 10.0 Å². The Morgan fingerprint density at radius 2 is 1.74 bits per heavy atom. The number of aromatic nitrogens is 2. The van der Waals surface area contributed by atoms with Crippen molar-refractivity contribution in [1.82, 2.24) is 24.9 Å². The third-order valence-corrected chi connectivity index (χ3v) is 6.93. The van der Waals surface area contributed by atoms with Crippen molar-refractivity contribution in [2.45, 2.75) is 26.8 Å². The van der Waals surface area contributed by atoms with Crippen molar-refractivity contribution in [3.63, 3.8) is 0 Å². The number of rotatable bonds is 9. The summed E-state index contributed by atoms with van der Waals surface area (Å²) < 4.78 is 2.07. The van der Waals surface area contributed by atoms with Gasteiger partial charge < -0.3 is 10.2 Å². The van der Waals surface area contributed by atoms with Gasteiger partial charge in [0.15, 0.2) is 0 Å². The molecule has 6 nitrogen and oxygen atoms in total. The van der Waals surface area contributed by atoms with E-state index >= 15 is 0 Å². The Hall–Kier alpha value is -2.38. The highest BCUT2D eigenvalue weighted by Crippen LogP contribution is 2.23. The smallest absolute Gasteiger partial charge is 0.253 e. The lowest BCUT2D eigenvalue weighted by atomic mass is 10.1. The number of carbonyl (C=O) groups excluding carboxylic acids is 1. The highest BCUT2D eigenvalue weighted by molar-refractivity contribution is 6.42. The van der Waals surface area contributed by atoms with E-state index < -0.39 is 0 Å². The van der Waals surface area contributed by atoms with Crippen LogP contribution in [0.15, 0.2) is 54.6 Å². The summed E-state index contributed by atoms with van der Waals surface area (Å²) in [5, 5.41) is 9.28. The van der Waals surface area contributed by atoms with Gasteiger partial charge in [-0.3, -0.25) is 9.69 Å². The van der Waals surface area contributed by atoms with Crippen LogP contribution in [0, 0.1) is 5.92 Å². The molecule has 0 bridgehead atoms. The third kappa shape index (κ3) is 6.85. The van der Waals surface area contributed by atoms with Crippen LogP contribution < -0.4 is 5.32 Å². The molecule has 1 N–H and O–H groups in total. The van der Waals surface area contributed by atoms with Crippen molar-refractivity contribution in [3.05, 3.63) is 81.6 Å². The Kier molecular flexibility index (Phi) is 8.84. The Morgan fingerprint density at radius 1 is 1.00 bits per heavy atom. The van der Waals surface area contributed by atoms with Gasteiger partial charge in [0.05, 0.1) is 21.4 Å². The largest absolute Gasteiger partial charge is 0.336 e. The molecule has 0 unspecified atom stereocenters. The van der Waals surface area contributed by atoms with Gasteiger partial charge in [-0.2, -0.15) is 5.10 Å². The number of benzene rings is 2. The molecule has 1 amide bonds. The molecule has 1 fully saturated rings. The fourth-order valence-electron chi connectivity index (χ4n) is 4.36. The van der Waals surface area contributed by atoms with Gasteiger partial charge in [0, 0.05) is 57.1 Å². The Morgan fingerprint density at radius 3 is 2.43 bits per heavy atom. The van der Waals surface area contributed by atoms with Gasteiger partial charge in [-0.1, -0.05) is 55.2 Å². The van der Waals surface area contributed by atoms with E-state index in [1.807, 2.05) is 23.1 Å². The fourth-order valence-corrected chi connectivity index (χ4v) is 4.66. The van der Waals surface area contributed by atoms with Crippen molar-refractivity contribution in [3.8, 4) is 5.69 Å². The molecule has 8 heteroatoms. The molecule has 35 heavy (non-hydrogen) atoms. The molecule has 186 valence electrons. The van der Waals surface area contributed by atoms with Gasteiger partial charge in [0.25, 0.3) is 5.91 Å². The van der Waals surface area contributed by atoms with Crippen molar-refractivity contribution >= 4 is 29.1 Å². The Labute approximate surface area is 217 Å². The second-order valence-electron chi connectivity index (χ2n) is 9.41. The van der Waals surface area contributed by atoms with Gasteiger partial charge in [0.2, 0.25) is 0 Å². The van der Waals surface area contributed by atoms with Crippen molar-refractivity contribution < 1.29 is 4.79 Å². The van der Waals surface area contributed by atoms with E-state index in [9.17, 15) is 4.79 Å². The number of para-hydroxylation sites is 1. The average Bonchev–Trinajstić information content (AvgIpc) is 3.26. The van der Waals surface area contributed by atoms with Gasteiger partial charge in [-0.25, -0.2) is 4.68 Å². The number of carbonyl (C=O) groups is 1. The van der Waals surface area contributed by atoms with E-state index in [0.717, 1.165) is 50.5 Å². The van der Waals surface area contributed by atoms with Gasteiger partial charge in [-0.15, -0.1) is 0 Å². The molecule has 0 atom stereocenters. The zero-order valence-electron chi connectivity index (χ0n) is 20.4. The maximum absolute atomic E-state index is 12.8. The van der Waals surface area contributed by atoms with E-state index in [-0.39, 0.29) is 5.91 Å². The SMILES string of the molecule is CC(C)Cc1cc(CNCCN2CCN(C(=O)c3ccc(Cl)c(Cl)c3)CC2)nn1-c1ccccc1. The topological polar surface area (TPSA) is 53.4 Å². The van der Waals surface area contributed by atoms with Gasteiger partial charge in [0.1, 0.15) is 0 Å². The number of nitrogens with one attached hydrogen (secondary N) is 1. The summed E-state index contributed by atoms with van der Waals surface area (Å²) in [4.78, 5) is 17.0. The highest BCUT2D eigenvalue weighted by Gasteiger charge is 2.22. The maximum atomic E-state index is 12.8. The molecule has 0 radical (unpaired) electrons. The predicted octanol–water partition coefficient (Wildman–Crippen LogP) is 4.93. The van der Waals surface area contributed by atoms with Gasteiger partial charge >= 0.3 is 0 Å². The van der Waals surface area contributed by atoms with E-state index in [0.29, 0.717) is 34.6 Å². The zero-order valence-corrected chi connectivity index (χ0v) is 21.9. The van der Waals surface area contributed by atoms with Crippen LogP contribution in [0.5, 0.6) is 0 Å². The number of nitrogens with zero attached hydrogens (tertiary/aromatic N) is 4. The lowest BCUT2D eigenvalue weighted by Crippen LogP contribution is -2.50. The number of halogens is 2. The quantitative estimate of drug-likeness (QED) is 0.412. The monoisotopic (exact) mass is 513 g/mol. The Bertz CT molecular complexity index is 1120. The summed E-state index contributed by atoms with van der Waals surface area (Å²) in [6.45, 7) is 10.1. The van der Waals surface area contributed by atoms with Gasteiger partial charge in [-0.05, 0) is 48.7 Å². The molecular formula is C27H33Cl2N5O. The first-order valence-corrected chi connectivity index (χ1v) is 13.0. The summed E-state index contributed by atoms with van der Waals surface area (Å²) in [7, 11) is 0. The van der Waals surface area contributed by atoms with Crippen LogP contribution in [0.25, 0.3) is 5.69 Å². The van der Waals surface area contributed by atoms with Crippen LogP contribution in [-0.4, -0.2) is 64.8 Å². The molecule has 2 heterocycles. The first kappa shape index (κ1) is 25.7. The lowest BCUT2D eigenvalue weighted by molar-refractivity contribution is 0.0638. The standard InChI is InChI=1S/C27H33Cl2N5O/c1-20(2)16-24-18-22(31-34(24)23-6-4-3-5-7-23)19-30-10-11-32-12-14-33(15-13-32)27(35)21-8-9-25(28)26(29)17-21/h3-9,17-18,20,30H,10-16,19H2,1-2H3. The zero-order chi connectivity index (χ0) is 24.8. The number of amides is 1. The van der Waals surface area contributed by atoms with Crippen molar-refractivity contribution in [2.75, 3.05) is 39.3 Å². The second-order valence-corrected chi connectivity index (χ2v) is 10.2. The Balaban J connectivity index is 1.24. The molecule has 0 saturated carbocycles. The molecule has 1 aromatic heterocycles. The van der Waals surface area contributed by atoms with Crippen LogP contribution in [-0.2, 0) is 13.0 Å². The highest BCUT2D eigenvalue weighted by atomic mass is 35.5. The lowest BCUT2D eigenvalue weighted by Gasteiger charge is -2.34. The van der Waals surface area contributed by atoms with Crippen LogP contribution in [0.3, 0.4) is 0 Å². The minimum absolute atomic E-state index is 0.00699. The second kappa shape index (κ2) is 12.0. The molecule has 1 aliphatic rings. The van der Waals surface area contributed by atoms with E-state index in [2.05, 4.69) is 46.9 Å².